The van der Waals surface area contributed by atoms with Crippen LogP contribution in [0.3, 0.4) is 0 Å². The van der Waals surface area contributed by atoms with Crippen molar-refractivity contribution in [2.24, 2.45) is 0 Å². The van der Waals surface area contributed by atoms with Crippen LogP contribution in [0.5, 0.6) is 0 Å². The number of hydrogen-bond acceptors (Lipinski definition) is 6. The third-order valence-corrected chi connectivity index (χ3v) is 13.3. The lowest BCUT2D eigenvalue weighted by Gasteiger charge is -2.18. The molecule has 0 amide bonds. The molecule has 0 aromatic rings. The van der Waals surface area contributed by atoms with E-state index in [2.05, 4.69) is 81.5 Å². The minimum Gasteiger partial charge on any atom is -0.462 e. The van der Waals surface area contributed by atoms with Gasteiger partial charge in [0.15, 0.2) is 6.10 Å². The summed E-state index contributed by atoms with van der Waals surface area (Å²) in [6.07, 6.45) is 74.3. The highest BCUT2D eigenvalue weighted by atomic mass is 16.6. The Kier molecular flexibility index (Phi) is 56.3. The van der Waals surface area contributed by atoms with Crippen molar-refractivity contribution in [3.63, 3.8) is 0 Å². The molecule has 0 heterocycles. The minimum atomic E-state index is -0.799. The number of hydrogen-bond donors (Lipinski definition) is 0. The average Bonchev–Trinajstić information content (AvgIpc) is 3.36. The van der Waals surface area contributed by atoms with Gasteiger partial charge in [0.25, 0.3) is 0 Å². The molecule has 6 nitrogen and oxygen atoms in total. The molecule has 0 rings (SSSR count). The predicted molar refractivity (Wildman–Crippen MR) is 302 cm³/mol. The number of carbonyl (C=O) groups excluding carboxylic acids is 3. The summed E-state index contributed by atoms with van der Waals surface area (Å²) in [4.78, 5) is 37.8. The second kappa shape index (κ2) is 58.7. The van der Waals surface area contributed by atoms with Crippen molar-refractivity contribution < 1.29 is 28.6 Å². The molecule has 0 aliphatic carbocycles. The minimum absolute atomic E-state index is 0.0940. The van der Waals surface area contributed by atoms with Crippen LogP contribution >= 0.6 is 0 Å². The topological polar surface area (TPSA) is 78.9 Å². The molecule has 0 aromatic heterocycles. The Morgan fingerprint density at radius 1 is 0.300 bits per heavy atom. The average molecular weight is 980 g/mol. The first-order valence-electron chi connectivity index (χ1n) is 30.3. The van der Waals surface area contributed by atoms with Gasteiger partial charge in [0.1, 0.15) is 13.2 Å². The monoisotopic (exact) mass is 979 g/mol. The normalized spacial score (nSPS) is 12.4. The van der Waals surface area contributed by atoms with Crippen LogP contribution in [0.25, 0.3) is 0 Å². The molecule has 70 heavy (non-hydrogen) atoms. The maximum Gasteiger partial charge on any atom is 0.306 e. The SMILES string of the molecule is CC/C=C\C/C=C\C/C=C\C/C=C\C/C=C\CCCC(=O)OC(COC(=O)CCCCCCCC)COC(=O)CCCCCCCCCCCCCCCCCCCCCCCCCCCCCCC. The standard InChI is InChI=1S/C64H114O6/c1-4-7-10-13-16-18-20-22-24-26-27-28-29-30-31-32-33-34-35-36-37-39-40-42-44-46-48-51-54-57-63(66)69-60-61(59-68-62(65)56-53-50-15-12-9-6-3)70-64(67)58-55-52-49-47-45-43-41-38-25-23-21-19-17-14-11-8-5-2/h8,11,17,19,23,25,41,43,47,49,61H,4-7,9-10,12-16,18,20-22,24,26-40,42,44-46,48,50-60H2,1-3H3/b11-8-,19-17-,25-23-,43-41-,49-47-. The van der Waals surface area contributed by atoms with E-state index in [0.717, 1.165) is 77.0 Å². The largest absolute Gasteiger partial charge is 0.462 e. The van der Waals surface area contributed by atoms with Crippen LogP contribution in [0.1, 0.15) is 310 Å². The first-order valence-corrected chi connectivity index (χ1v) is 30.3. The molecule has 1 unspecified atom stereocenters. The smallest absolute Gasteiger partial charge is 0.306 e. The van der Waals surface area contributed by atoms with Crippen molar-refractivity contribution in [2.45, 2.75) is 316 Å². The fourth-order valence-corrected chi connectivity index (χ4v) is 8.78. The lowest BCUT2D eigenvalue weighted by molar-refractivity contribution is -0.167. The van der Waals surface area contributed by atoms with Crippen molar-refractivity contribution in [1.29, 1.82) is 0 Å². The second-order valence-electron chi connectivity index (χ2n) is 20.2. The van der Waals surface area contributed by atoms with E-state index >= 15 is 0 Å². The van der Waals surface area contributed by atoms with Crippen LogP contribution < -0.4 is 0 Å². The van der Waals surface area contributed by atoms with Gasteiger partial charge in [-0.3, -0.25) is 14.4 Å². The van der Waals surface area contributed by atoms with E-state index in [9.17, 15) is 14.4 Å². The zero-order valence-corrected chi connectivity index (χ0v) is 46.5. The van der Waals surface area contributed by atoms with Crippen LogP contribution in [0.15, 0.2) is 60.8 Å². The summed E-state index contributed by atoms with van der Waals surface area (Å²) in [5.41, 5.74) is 0. The highest BCUT2D eigenvalue weighted by Crippen LogP contribution is 2.17. The van der Waals surface area contributed by atoms with Gasteiger partial charge < -0.3 is 14.2 Å². The zero-order chi connectivity index (χ0) is 50.7. The fraction of sp³-hybridized carbons (Fsp3) is 0.797. The van der Waals surface area contributed by atoms with Gasteiger partial charge in [-0.05, 0) is 57.8 Å². The van der Waals surface area contributed by atoms with Gasteiger partial charge in [0, 0.05) is 19.3 Å². The lowest BCUT2D eigenvalue weighted by Crippen LogP contribution is -2.30. The van der Waals surface area contributed by atoms with Gasteiger partial charge in [0.2, 0.25) is 0 Å². The number of ether oxygens (including phenoxy) is 3. The molecule has 0 N–H and O–H groups in total. The number of esters is 3. The van der Waals surface area contributed by atoms with Crippen molar-refractivity contribution in [3.05, 3.63) is 60.8 Å². The van der Waals surface area contributed by atoms with Gasteiger partial charge in [-0.25, -0.2) is 0 Å². The van der Waals surface area contributed by atoms with E-state index in [1.54, 1.807) is 0 Å². The molecular weight excluding hydrogens is 865 g/mol. The molecule has 406 valence electrons. The van der Waals surface area contributed by atoms with E-state index in [1.807, 2.05) is 0 Å². The van der Waals surface area contributed by atoms with Crippen molar-refractivity contribution in [3.8, 4) is 0 Å². The Hall–Kier alpha value is -2.89. The predicted octanol–water partition coefficient (Wildman–Crippen LogP) is 20.4. The molecule has 0 saturated carbocycles. The molecule has 0 radical (unpaired) electrons. The molecule has 1 atom stereocenters. The van der Waals surface area contributed by atoms with Crippen LogP contribution in [0, 0.1) is 0 Å². The molecule has 0 spiro atoms. The van der Waals surface area contributed by atoms with Crippen LogP contribution in [-0.4, -0.2) is 37.2 Å². The summed E-state index contributed by atoms with van der Waals surface area (Å²) < 4.78 is 16.7. The summed E-state index contributed by atoms with van der Waals surface area (Å²) in [5.74, 6) is -0.952. The third kappa shape index (κ3) is 56.0. The third-order valence-electron chi connectivity index (χ3n) is 13.3. The summed E-state index contributed by atoms with van der Waals surface area (Å²) in [6, 6.07) is 0. The van der Waals surface area contributed by atoms with Crippen molar-refractivity contribution >= 4 is 17.9 Å². The number of rotatable bonds is 55. The van der Waals surface area contributed by atoms with Gasteiger partial charge in [0.05, 0.1) is 0 Å². The van der Waals surface area contributed by atoms with Crippen LogP contribution in [0.4, 0.5) is 0 Å². The summed E-state index contributed by atoms with van der Waals surface area (Å²) >= 11 is 0. The highest BCUT2D eigenvalue weighted by molar-refractivity contribution is 5.71. The summed E-state index contributed by atoms with van der Waals surface area (Å²) in [7, 11) is 0. The summed E-state index contributed by atoms with van der Waals surface area (Å²) in [6.45, 7) is 6.45. The molecule has 0 fully saturated rings. The maximum atomic E-state index is 12.8. The molecule has 0 aliphatic heterocycles. The van der Waals surface area contributed by atoms with Crippen molar-refractivity contribution in [1.82, 2.24) is 0 Å². The molecule has 0 aliphatic rings. The lowest BCUT2D eigenvalue weighted by atomic mass is 10.0. The number of carbonyl (C=O) groups is 3. The molecule has 6 heteroatoms. The van der Waals surface area contributed by atoms with Crippen molar-refractivity contribution in [2.75, 3.05) is 13.2 Å². The highest BCUT2D eigenvalue weighted by Gasteiger charge is 2.19. The van der Waals surface area contributed by atoms with Gasteiger partial charge in [-0.15, -0.1) is 0 Å². The number of unbranched alkanes of at least 4 members (excludes halogenated alkanes) is 34. The van der Waals surface area contributed by atoms with E-state index in [1.165, 1.54) is 186 Å². The zero-order valence-electron chi connectivity index (χ0n) is 46.5. The van der Waals surface area contributed by atoms with Crippen LogP contribution in [-0.2, 0) is 28.6 Å². The molecule has 0 saturated heterocycles. The quantitative estimate of drug-likeness (QED) is 0.0261. The molecular formula is C64H114O6. The van der Waals surface area contributed by atoms with Gasteiger partial charge >= 0.3 is 17.9 Å². The Morgan fingerprint density at radius 2 is 0.557 bits per heavy atom. The maximum absolute atomic E-state index is 12.8. The number of allylic oxidation sites excluding steroid dienone is 10. The fourth-order valence-electron chi connectivity index (χ4n) is 8.78. The Morgan fingerprint density at radius 3 is 0.857 bits per heavy atom. The van der Waals surface area contributed by atoms with Crippen LogP contribution in [0.2, 0.25) is 0 Å². The first kappa shape index (κ1) is 67.1. The van der Waals surface area contributed by atoms with E-state index in [0.29, 0.717) is 19.3 Å². The Bertz CT molecular complexity index is 1260. The first-order chi connectivity index (χ1) is 34.5. The van der Waals surface area contributed by atoms with E-state index in [4.69, 9.17) is 14.2 Å². The van der Waals surface area contributed by atoms with E-state index < -0.39 is 6.10 Å². The van der Waals surface area contributed by atoms with Gasteiger partial charge in [-0.1, -0.05) is 293 Å². The summed E-state index contributed by atoms with van der Waals surface area (Å²) in [5, 5.41) is 0. The Balaban J connectivity index is 4.05. The molecule has 0 aromatic carbocycles. The van der Waals surface area contributed by atoms with Gasteiger partial charge in [-0.2, -0.15) is 0 Å². The Labute approximate surface area is 434 Å². The molecule has 0 bridgehead atoms. The second-order valence-corrected chi connectivity index (χ2v) is 20.2. The van der Waals surface area contributed by atoms with E-state index in [-0.39, 0.29) is 37.5 Å².